The number of halogens is 5. The molecule has 2 bridgehead atoms. The lowest BCUT2D eigenvalue weighted by Gasteiger charge is -2.46. The number of phenolic OH excluding ortho intramolecular Hbond substituents is 1. The molecule has 254 valence electrons. The Hall–Kier alpha value is -4.04. The zero-order valence-corrected chi connectivity index (χ0v) is 26.2. The number of hydrogen-bond acceptors (Lipinski definition) is 8. The van der Waals surface area contributed by atoms with Gasteiger partial charge in [0.2, 0.25) is 0 Å². The second-order valence-electron chi connectivity index (χ2n) is 13.4. The summed E-state index contributed by atoms with van der Waals surface area (Å²) in [6.45, 7) is 3.14. The minimum Gasteiger partial charge on any atom is -0.508 e. The maximum atomic E-state index is 15.1. The van der Waals surface area contributed by atoms with Gasteiger partial charge in [-0.2, -0.15) is 23.1 Å². The fourth-order valence-corrected chi connectivity index (χ4v) is 8.32. The van der Waals surface area contributed by atoms with Crippen molar-refractivity contribution in [1.29, 1.82) is 0 Å². The third-order valence-electron chi connectivity index (χ3n) is 10.6. The number of benzene rings is 2. The fraction of sp³-hybridized carbons (Fsp3) is 0.500. The molecule has 4 atom stereocenters. The van der Waals surface area contributed by atoms with Gasteiger partial charge < -0.3 is 20.1 Å². The van der Waals surface area contributed by atoms with E-state index < -0.39 is 40.7 Å². The number of pyridine rings is 1. The summed E-state index contributed by atoms with van der Waals surface area (Å²) in [5.41, 5.74) is -3.84. The third-order valence-corrected chi connectivity index (χ3v) is 10.6. The van der Waals surface area contributed by atoms with E-state index in [9.17, 15) is 14.3 Å². The summed E-state index contributed by atoms with van der Waals surface area (Å²) in [5, 5.41) is 14.2. The molecule has 5 aliphatic heterocycles. The van der Waals surface area contributed by atoms with E-state index in [0.29, 0.717) is 30.6 Å². The van der Waals surface area contributed by atoms with E-state index in [1.165, 1.54) is 18.2 Å². The molecule has 48 heavy (non-hydrogen) atoms. The highest BCUT2D eigenvalue weighted by atomic mass is 19.4. The van der Waals surface area contributed by atoms with Crippen molar-refractivity contribution in [1.82, 2.24) is 24.8 Å². The molecule has 0 saturated carbocycles. The van der Waals surface area contributed by atoms with Gasteiger partial charge in [-0.15, -0.1) is 0 Å². The second kappa shape index (κ2) is 11.3. The molecule has 7 heterocycles. The van der Waals surface area contributed by atoms with Crippen LogP contribution in [0.2, 0.25) is 0 Å². The molecular formula is C34H35F5N6O3. The van der Waals surface area contributed by atoms with Gasteiger partial charge in [-0.25, -0.2) is 8.78 Å². The predicted molar refractivity (Wildman–Crippen MR) is 169 cm³/mol. The highest BCUT2D eigenvalue weighted by Crippen LogP contribution is 2.42. The molecule has 0 amide bonds. The Morgan fingerprint density at radius 2 is 2.02 bits per heavy atom. The number of anilines is 1. The summed E-state index contributed by atoms with van der Waals surface area (Å²) in [4.78, 5) is 27.3. The number of phenols is 1. The number of rotatable bonds is 6. The third kappa shape index (κ3) is 4.97. The number of fused-ring (bicyclic) bond motifs is 6. The average Bonchev–Trinajstić information content (AvgIpc) is 3.55. The average molecular weight is 672 g/mol. The predicted octanol–water partition coefficient (Wildman–Crippen LogP) is 5.26. The van der Waals surface area contributed by atoms with Gasteiger partial charge in [0.15, 0.2) is 0 Å². The number of nitrogens with zero attached hydrogens (tertiary/aromatic N) is 5. The molecule has 2 aromatic heterocycles. The summed E-state index contributed by atoms with van der Waals surface area (Å²) in [5.74, 6) is -0.939. The van der Waals surface area contributed by atoms with Gasteiger partial charge >= 0.3 is 12.2 Å². The van der Waals surface area contributed by atoms with Gasteiger partial charge in [0.25, 0.3) is 5.56 Å². The summed E-state index contributed by atoms with van der Waals surface area (Å²) in [6, 6.07) is 5.41. The molecule has 0 radical (unpaired) electrons. The first kappa shape index (κ1) is 30.1. The first-order chi connectivity index (χ1) is 23.3. The minimum atomic E-state index is -5.05. The number of aryl methyl sites for hydroxylation is 1. The van der Waals surface area contributed by atoms with E-state index in [4.69, 9.17) is 6.11 Å². The number of piperidine rings is 2. The van der Waals surface area contributed by atoms with E-state index >= 15 is 17.6 Å². The van der Waals surface area contributed by atoms with Crippen LogP contribution in [0.3, 0.4) is 0 Å². The number of ether oxygens (including phenoxy) is 1. The Kier molecular flexibility index (Phi) is 7.05. The summed E-state index contributed by atoms with van der Waals surface area (Å²) >= 11 is 0. The maximum Gasteiger partial charge on any atom is 0.431 e. The van der Waals surface area contributed by atoms with Crippen LogP contribution < -0.4 is 20.5 Å². The highest BCUT2D eigenvalue weighted by molar-refractivity contribution is 5.96. The zero-order chi connectivity index (χ0) is 34.5. The number of piperazine rings is 1. The quantitative estimate of drug-likeness (QED) is 0.269. The molecule has 2 N–H and O–H groups in total. The summed E-state index contributed by atoms with van der Waals surface area (Å²) in [6.07, 6.45) is -4.15. The van der Waals surface area contributed by atoms with Crippen molar-refractivity contribution < 1.29 is 33.2 Å². The van der Waals surface area contributed by atoms with Crippen LogP contribution in [0, 0.1) is 5.82 Å². The molecule has 0 spiro atoms. The van der Waals surface area contributed by atoms with E-state index in [-0.39, 0.29) is 82.8 Å². The molecule has 2 aromatic carbocycles. The molecule has 5 aliphatic rings. The van der Waals surface area contributed by atoms with Gasteiger partial charge in [0.1, 0.15) is 41.3 Å². The van der Waals surface area contributed by atoms with Crippen LogP contribution in [-0.4, -0.2) is 81.1 Å². The summed E-state index contributed by atoms with van der Waals surface area (Å²) < 4.78 is 89.7. The van der Waals surface area contributed by atoms with Crippen molar-refractivity contribution in [2.45, 2.75) is 75.4 Å². The number of nitrogens with one attached hydrogen (secondary N) is 1. The Morgan fingerprint density at radius 1 is 1.19 bits per heavy atom. The van der Waals surface area contributed by atoms with E-state index in [2.05, 4.69) is 15.3 Å². The molecule has 0 aliphatic carbocycles. The first-order valence-electron chi connectivity index (χ1n) is 16.8. The fourth-order valence-electron chi connectivity index (χ4n) is 8.32. The van der Waals surface area contributed by atoms with Crippen LogP contribution >= 0.6 is 0 Å². The second-order valence-corrected chi connectivity index (χ2v) is 13.4. The van der Waals surface area contributed by atoms with Crippen molar-refractivity contribution in [2.75, 3.05) is 37.7 Å². The van der Waals surface area contributed by atoms with Crippen LogP contribution in [0.5, 0.6) is 11.8 Å². The lowest BCUT2D eigenvalue weighted by atomic mass is 9.93. The number of aromatic nitrogens is 3. The van der Waals surface area contributed by atoms with Gasteiger partial charge in [-0.3, -0.25) is 14.3 Å². The number of aromatic hydroxyl groups is 1. The molecule has 14 heteroatoms. The van der Waals surface area contributed by atoms with E-state index in [0.717, 1.165) is 31.4 Å². The van der Waals surface area contributed by atoms with Gasteiger partial charge in [-0.1, -0.05) is 13.0 Å². The van der Waals surface area contributed by atoms with Crippen LogP contribution in [0.1, 0.15) is 51.7 Å². The van der Waals surface area contributed by atoms with Crippen LogP contribution in [0.15, 0.2) is 35.1 Å². The van der Waals surface area contributed by atoms with Gasteiger partial charge in [0, 0.05) is 49.6 Å². The molecular weight excluding hydrogens is 635 g/mol. The molecule has 2 unspecified atom stereocenters. The molecule has 5 saturated heterocycles. The van der Waals surface area contributed by atoms with Crippen molar-refractivity contribution in [3.05, 3.63) is 57.8 Å². The molecule has 9 nitrogen and oxygen atoms in total. The smallest absolute Gasteiger partial charge is 0.431 e. The standard InChI is InChI=1S/C34H35F5N6O3/c1-2-23-25(36)7-4-18-10-22(46)11-26(28(18)23)45-27(34(37,38)39)12-24-29(31(45)47)41-32(42-30(24)44-16-20-5-6-21(44)14-40-20)48-17-33-8-3-9-43(33)15-19(35)13-33/h4,7,10-12,19-21,40,46H,2-3,5-6,8-9,13-17H2,1H3/t19-,20?,21?,33+/m1/s1/i19D. The van der Waals surface area contributed by atoms with Gasteiger partial charge in [-0.05, 0) is 67.8 Å². The monoisotopic (exact) mass is 671 g/mol. The Morgan fingerprint density at radius 3 is 2.73 bits per heavy atom. The van der Waals surface area contributed by atoms with Gasteiger partial charge in [0.05, 0.1) is 18.0 Å². The van der Waals surface area contributed by atoms with Crippen LogP contribution in [0.4, 0.5) is 27.8 Å². The SMILES string of the molecule is [2H][C@]1(F)CN2CCC[C@@]2(COc2nc(N3CC4CCC3CN4)c3cc(C(F)(F)F)n(-c4cc(O)cc5ccc(F)c(CC)c45)c(=O)c3n2)C1. The number of hydrogen-bond donors (Lipinski definition) is 2. The molecule has 4 aromatic rings. The first-order valence-corrected chi connectivity index (χ1v) is 16.3. The largest absolute Gasteiger partial charge is 0.508 e. The Labute approximate surface area is 273 Å². The minimum absolute atomic E-state index is 0.0594. The van der Waals surface area contributed by atoms with Crippen molar-refractivity contribution >= 4 is 27.5 Å². The Bertz CT molecular complexity index is 2050. The lowest BCUT2D eigenvalue weighted by Crippen LogP contribution is -2.61. The number of alkyl halides is 4. The van der Waals surface area contributed by atoms with Crippen LogP contribution in [0.25, 0.3) is 27.4 Å². The molecule has 5 fully saturated rings. The summed E-state index contributed by atoms with van der Waals surface area (Å²) in [7, 11) is 0. The lowest BCUT2D eigenvalue weighted by molar-refractivity contribution is -0.142. The van der Waals surface area contributed by atoms with E-state index in [1.807, 2.05) is 9.80 Å². The zero-order valence-electron chi connectivity index (χ0n) is 27.2. The Balaban J connectivity index is 1.36. The van der Waals surface area contributed by atoms with Crippen molar-refractivity contribution in [2.24, 2.45) is 0 Å². The van der Waals surface area contributed by atoms with Crippen molar-refractivity contribution in [3.8, 4) is 17.4 Å². The maximum absolute atomic E-state index is 15.1. The topological polar surface area (TPSA) is 95.8 Å². The molecule has 9 rings (SSSR count). The van der Waals surface area contributed by atoms with Crippen LogP contribution in [-0.2, 0) is 12.6 Å². The normalized spacial score (nSPS) is 27.6. The van der Waals surface area contributed by atoms with Crippen molar-refractivity contribution in [3.63, 3.8) is 0 Å². The highest BCUT2D eigenvalue weighted by Gasteiger charge is 2.49. The van der Waals surface area contributed by atoms with E-state index in [1.54, 1.807) is 6.92 Å².